The van der Waals surface area contributed by atoms with Gasteiger partial charge in [0.25, 0.3) is 0 Å². The molecule has 0 aliphatic carbocycles. The molecule has 0 fully saturated rings. The maximum Gasteiger partial charge on any atom is 0.401 e. The van der Waals surface area contributed by atoms with E-state index in [2.05, 4.69) is 0 Å². The molecule has 102 valence electrons. The van der Waals surface area contributed by atoms with E-state index in [1.165, 1.54) is 0 Å². The van der Waals surface area contributed by atoms with Crippen molar-refractivity contribution in [2.75, 3.05) is 26.2 Å². The molecule has 6 heteroatoms. The van der Waals surface area contributed by atoms with Crippen LogP contribution >= 0.6 is 0 Å². The number of hydrogen-bond donors (Lipinski definition) is 1. The molecule has 0 spiro atoms. The summed E-state index contributed by atoms with van der Waals surface area (Å²) < 4.78 is 36.8. The Hall–Kier alpha value is -0.620. The van der Waals surface area contributed by atoms with Crippen LogP contribution in [-0.2, 0) is 4.79 Å². The fourth-order valence-corrected chi connectivity index (χ4v) is 1.87. The molecule has 0 rings (SSSR count). The molecule has 0 heterocycles. The fraction of sp³-hybridized carbons (Fsp3) is 0.909. The first-order valence-corrected chi connectivity index (χ1v) is 5.62. The summed E-state index contributed by atoms with van der Waals surface area (Å²) in [6, 6.07) is 0. The Labute approximate surface area is 99.6 Å². The monoisotopic (exact) mass is 255 g/mol. The average Bonchev–Trinajstić information content (AvgIpc) is 2.15. The van der Waals surface area contributed by atoms with Crippen LogP contribution in [0.2, 0.25) is 0 Å². The Morgan fingerprint density at radius 3 is 2.24 bits per heavy atom. The summed E-state index contributed by atoms with van der Waals surface area (Å²) in [6.07, 6.45) is -2.34. The van der Waals surface area contributed by atoms with Crippen LogP contribution in [0, 0.1) is 5.41 Å². The van der Waals surface area contributed by atoms with Gasteiger partial charge in [-0.15, -0.1) is 0 Å². The number of rotatable bonds is 8. The molecule has 0 aliphatic rings. The molecule has 0 saturated carbocycles. The van der Waals surface area contributed by atoms with E-state index in [-0.39, 0.29) is 19.7 Å². The molecule has 1 N–H and O–H groups in total. The molecule has 0 aromatic rings. The Balaban J connectivity index is 4.55. The van der Waals surface area contributed by atoms with E-state index >= 15 is 0 Å². The van der Waals surface area contributed by atoms with E-state index in [9.17, 15) is 18.0 Å². The molecular formula is C11H20F3NO2. The van der Waals surface area contributed by atoms with E-state index in [1.54, 1.807) is 6.92 Å². The van der Waals surface area contributed by atoms with Gasteiger partial charge in [-0.1, -0.05) is 20.3 Å². The van der Waals surface area contributed by atoms with Gasteiger partial charge in [0.05, 0.1) is 13.2 Å². The predicted molar refractivity (Wildman–Crippen MR) is 58.7 cm³/mol. The summed E-state index contributed by atoms with van der Waals surface area (Å²) in [5.41, 5.74) is -0.783. The summed E-state index contributed by atoms with van der Waals surface area (Å²) >= 11 is 0. The minimum Gasteiger partial charge on any atom is -0.395 e. The molecule has 3 nitrogen and oxygen atoms in total. The van der Waals surface area contributed by atoms with E-state index in [4.69, 9.17) is 5.11 Å². The van der Waals surface area contributed by atoms with Crippen molar-refractivity contribution in [2.24, 2.45) is 5.41 Å². The summed E-state index contributed by atoms with van der Waals surface area (Å²) in [5.74, 6) is 0. The van der Waals surface area contributed by atoms with Crippen LogP contribution in [0.4, 0.5) is 13.2 Å². The number of halogens is 3. The smallest absolute Gasteiger partial charge is 0.395 e. The number of hydrogen-bond acceptors (Lipinski definition) is 3. The van der Waals surface area contributed by atoms with Gasteiger partial charge in [0.1, 0.15) is 6.29 Å². The van der Waals surface area contributed by atoms with Crippen molar-refractivity contribution in [3.63, 3.8) is 0 Å². The molecule has 0 radical (unpaired) electrons. The third-order valence-corrected chi connectivity index (χ3v) is 2.51. The number of carbonyl (C=O) groups excluding carboxylic acids is 1. The van der Waals surface area contributed by atoms with Crippen molar-refractivity contribution < 1.29 is 23.1 Å². The van der Waals surface area contributed by atoms with Crippen molar-refractivity contribution >= 4 is 6.29 Å². The summed E-state index contributed by atoms with van der Waals surface area (Å²) in [6.45, 7) is 2.01. The Kier molecular flexibility index (Phi) is 6.70. The number of aliphatic hydroxyl groups excluding tert-OH is 1. The minimum absolute atomic E-state index is 0.0183. The number of alkyl halides is 3. The van der Waals surface area contributed by atoms with Gasteiger partial charge < -0.3 is 9.90 Å². The topological polar surface area (TPSA) is 40.5 Å². The van der Waals surface area contributed by atoms with Crippen LogP contribution in [-0.4, -0.2) is 48.7 Å². The molecule has 0 aromatic carbocycles. The Morgan fingerprint density at radius 1 is 1.29 bits per heavy atom. The largest absolute Gasteiger partial charge is 0.401 e. The van der Waals surface area contributed by atoms with Gasteiger partial charge in [-0.05, 0) is 6.42 Å². The van der Waals surface area contributed by atoms with Crippen LogP contribution in [0.3, 0.4) is 0 Å². The Morgan fingerprint density at radius 2 is 1.88 bits per heavy atom. The van der Waals surface area contributed by atoms with Gasteiger partial charge >= 0.3 is 6.18 Å². The second kappa shape index (κ2) is 6.96. The lowest BCUT2D eigenvalue weighted by molar-refractivity contribution is -0.151. The number of nitrogens with zero attached hydrogens (tertiary/aromatic N) is 1. The lowest BCUT2D eigenvalue weighted by atomic mass is 9.86. The van der Waals surface area contributed by atoms with E-state index < -0.39 is 18.1 Å². The van der Waals surface area contributed by atoms with E-state index in [1.807, 2.05) is 6.92 Å². The number of aldehydes is 1. The number of carbonyl (C=O) groups is 1. The molecule has 0 bridgehead atoms. The van der Waals surface area contributed by atoms with Crippen LogP contribution in [0.15, 0.2) is 0 Å². The first kappa shape index (κ1) is 16.4. The van der Waals surface area contributed by atoms with Gasteiger partial charge in [0.2, 0.25) is 0 Å². The maximum atomic E-state index is 12.3. The quantitative estimate of drug-likeness (QED) is 0.673. The van der Waals surface area contributed by atoms with Crippen LogP contribution in [0.1, 0.15) is 26.7 Å². The SMILES string of the molecule is CCCC(C)(C=O)CN(CCO)CC(F)(F)F. The molecule has 1 unspecified atom stereocenters. The number of aliphatic hydroxyl groups is 1. The van der Waals surface area contributed by atoms with Gasteiger partial charge in [-0.2, -0.15) is 13.2 Å². The first-order valence-electron chi connectivity index (χ1n) is 5.62. The minimum atomic E-state index is -4.31. The fourth-order valence-electron chi connectivity index (χ4n) is 1.87. The summed E-state index contributed by atoms with van der Waals surface area (Å²) in [7, 11) is 0. The first-order chi connectivity index (χ1) is 7.76. The maximum absolute atomic E-state index is 12.3. The molecule has 1 atom stereocenters. The third-order valence-electron chi connectivity index (χ3n) is 2.51. The van der Waals surface area contributed by atoms with Crippen molar-refractivity contribution in [3.05, 3.63) is 0 Å². The summed E-state index contributed by atoms with van der Waals surface area (Å²) in [4.78, 5) is 12.0. The second-order valence-electron chi connectivity index (χ2n) is 4.57. The van der Waals surface area contributed by atoms with Crippen LogP contribution < -0.4 is 0 Å². The molecular weight excluding hydrogens is 235 g/mol. The Bertz CT molecular complexity index is 233. The molecule has 0 saturated heterocycles. The van der Waals surface area contributed by atoms with Gasteiger partial charge in [0.15, 0.2) is 0 Å². The van der Waals surface area contributed by atoms with E-state index in [0.717, 1.165) is 11.3 Å². The highest BCUT2D eigenvalue weighted by atomic mass is 19.4. The van der Waals surface area contributed by atoms with Crippen LogP contribution in [0.25, 0.3) is 0 Å². The van der Waals surface area contributed by atoms with Gasteiger partial charge in [-0.25, -0.2) is 0 Å². The lowest BCUT2D eigenvalue weighted by Crippen LogP contribution is -2.43. The predicted octanol–water partition coefficient (Wildman–Crippen LogP) is 1.85. The standard InChI is InChI=1S/C11H20F3NO2/c1-3-4-10(2,9-17)7-15(5-6-16)8-11(12,13)14/h9,16H,3-8H2,1-2H3. The van der Waals surface area contributed by atoms with Crippen molar-refractivity contribution in [3.8, 4) is 0 Å². The molecule has 0 aromatic heterocycles. The van der Waals surface area contributed by atoms with Crippen molar-refractivity contribution in [2.45, 2.75) is 32.9 Å². The molecule has 0 amide bonds. The average molecular weight is 255 g/mol. The third kappa shape index (κ3) is 7.33. The molecule has 17 heavy (non-hydrogen) atoms. The zero-order chi connectivity index (χ0) is 13.5. The lowest BCUT2D eigenvalue weighted by Gasteiger charge is -2.31. The zero-order valence-electron chi connectivity index (χ0n) is 10.3. The highest BCUT2D eigenvalue weighted by Gasteiger charge is 2.34. The summed E-state index contributed by atoms with van der Waals surface area (Å²) in [5, 5.41) is 8.74. The van der Waals surface area contributed by atoms with Crippen molar-refractivity contribution in [1.82, 2.24) is 4.90 Å². The highest BCUT2D eigenvalue weighted by molar-refractivity contribution is 5.59. The second-order valence-corrected chi connectivity index (χ2v) is 4.57. The van der Waals surface area contributed by atoms with Gasteiger partial charge in [-0.3, -0.25) is 4.90 Å². The van der Waals surface area contributed by atoms with Crippen LogP contribution in [0.5, 0.6) is 0 Å². The highest BCUT2D eigenvalue weighted by Crippen LogP contribution is 2.24. The van der Waals surface area contributed by atoms with E-state index in [0.29, 0.717) is 12.7 Å². The molecule has 0 aliphatic heterocycles. The van der Waals surface area contributed by atoms with Crippen molar-refractivity contribution in [1.29, 1.82) is 0 Å². The normalized spacial score (nSPS) is 15.9. The van der Waals surface area contributed by atoms with Gasteiger partial charge in [0, 0.05) is 18.5 Å². The zero-order valence-corrected chi connectivity index (χ0v) is 10.3.